The van der Waals surface area contributed by atoms with Crippen molar-refractivity contribution < 1.29 is 14.3 Å². The van der Waals surface area contributed by atoms with Gasteiger partial charge in [0.05, 0.1) is 13.0 Å². The fourth-order valence-corrected chi connectivity index (χ4v) is 1.25. The summed E-state index contributed by atoms with van der Waals surface area (Å²) >= 11 is 0. The Hall–Kier alpha value is -0.860. The van der Waals surface area contributed by atoms with E-state index in [0.717, 1.165) is 12.8 Å². The molecule has 2 unspecified atom stereocenters. The van der Waals surface area contributed by atoms with Crippen molar-refractivity contribution in [2.45, 2.75) is 40.0 Å². The molecule has 0 aliphatic carbocycles. The molecule has 0 radical (unpaired) electrons. The van der Waals surface area contributed by atoms with E-state index in [1.165, 1.54) is 7.11 Å². The van der Waals surface area contributed by atoms with Gasteiger partial charge in [0.1, 0.15) is 5.78 Å². The Kier molecular flexibility index (Phi) is 6.17. The summed E-state index contributed by atoms with van der Waals surface area (Å²) in [6, 6.07) is 0. The van der Waals surface area contributed by atoms with Crippen molar-refractivity contribution in [3.63, 3.8) is 0 Å². The molecule has 82 valence electrons. The predicted molar refractivity (Wildman–Crippen MR) is 54.9 cm³/mol. The van der Waals surface area contributed by atoms with E-state index >= 15 is 0 Å². The van der Waals surface area contributed by atoms with Gasteiger partial charge in [0.2, 0.25) is 0 Å². The highest BCUT2D eigenvalue weighted by Crippen LogP contribution is 2.16. The molecule has 0 bridgehead atoms. The van der Waals surface area contributed by atoms with Gasteiger partial charge in [-0.3, -0.25) is 9.59 Å². The summed E-state index contributed by atoms with van der Waals surface area (Å²) in [6.45, 7) is 5.57. The summed E-state index contributed by atoms with van der Waals surface area (Å²) in [6.07, 6.45) is 2.47. The lowest BCUT2D eigenvalue weighted by Gasteiger charge is -2.16. The monoisotopic (exact) mass is 200 g/mol. The topological polar surface area (TPSA) is 43.4 Å². The van der Waals surface area contributed by atoms with Crippen LogP contribution in [0.2, 0.25) is 0 Å². The second-order valence-electron chi connectivity index (χ2n) is 3.67. The smallest absolute Gasteiger partial charge is 0.309 e. The molecule has 0 fully saturated rings. The maximum absolute atomic E-state index is 11.6. The second kappa shape index (κ2) is 6.57. The summed E-state index contributed by atoms with van der Waals surface area (Å²) in [4.78, 5) is 22.7. The number of methoxy groups -OCH3 is 1. The molecule has 0 amide bonds. The Bertz CT molecular complexity index is 199. The first-order valence-electron chi connectivity index (χ1n) is 5.15. The summed E-state index contributed by atoms with van der Waals surface area (Å²) in [5.41, 5.74) is 0. The fraction of sp³-hybridized carbons (Fsp3) is 0.818. The number of ether oxygens (including phenoxy) is 1. The van der Waals surface area contributed by atoms with Gasteiger partial charge in [0.15, 0.2) is 0 Å². The summed E-state index contributed by atoms with van der Waals surface area (Å²) < 4.78 is 4.60. The third-order valence-electron chi connectivity index (χ3n) is 2.61. The van der Waals surface area contributed by atoms with E-state index in [9.17, 15) is 9.59 Å². The van der Waals surface area contributed by atoms with Gasteiger partial charge in [-0.1, -0.05) is 27.2 Å². The van der Waals surface area contributed by atoms with Gasteiger partial charge in [0, 0.05) is 12.3 Å². The minimum absolute atomic E-state index is 0.157. The van der Waals surface area contributed by atoms with Gasteiger partial charge in [-0.15, -0.1) is 0 Å². The molecule has 0 aromatic carbocycles. The van der Waals surface area contributed by atoms with Crippen LogP contribution in [-0.4, -0.2) is 18.9 Å². The van der Waals surface area contributed by atoms with Crippen molar-refractivity contribution in [2.75, 3.05) is 7.11 Å². The number of rotatable bonds is 6. The highest BCUT2D eigenvalue weighted by Gasteiger charge is 2.25. The molecular weight excluding hydrogens is 180 g/mol. The molecule has 0 aromatic rings. The number of carbonyl (C=O) groups excluding carboxylic acids is 2. The number of carbonyl (C=O) groups is 2. The van der Waals surface area contributed by atoms with E-state index in [4.69, 9.17) is 0 Å². The first kappa shape index (κ1) is 13.1. The van der Waals surface area contributed by atoms with Crippen LogP contribution >= 0.6 is 0 Å². The van der Waals surface area contributed by atoms with Crippen LogP contribution in [0.15, 0.2) is 0 Å². The summed E-state index contributed by atoms with van der Waals surface area (Å²) in [5.74, 6) is -0.703. The Morgan fingerprint density at radius 1 is 1.21 bits per heavy atom. The fourth-order valence-electron chi connectivity index (χ4n) is 1.25. The lowest BCUT2D eigenvalue weighted by molar-refractivity contribution is -0.148. The van der Waals surface area contributed by atoms with E-state index in [1.807, 2.05) is 6.92 Å². The van der Waals surface area contributed by atoms with Crippen molar-refractivity contribution in [1.82, 2.24) is 0 Å². The molecule has 0 spiro atoms. The van der Waals surface area contributed by atoms with E-state index in [1.54, 1.807) is 13.8 Å². The minimum atomic E-state index is -0.329. The molecule has 3 nitrogen and oxygen atoms in total. The van der Waals surface area contributed by atoms with Gasteiger partial charge in [0.25, 0.3) is 0 Å². The van der Waals surface area contributed by atoms with Gasteiger partial charge in [-0.05, 0) is 6.42 Å². The Morgan fingerprint density at radius 2 is 1.79 bits per heavy atom. The van der Waals surface area contributed by atoms with Crippen molar-refractivity contribution in [2.24, 2.45) is 11.8 Å². The van der Waals surface area contributed by atoms with Crippen LogP contribution in [0.3, 0.4) is 0 Å². The third-order valence-corrected chi connectivity index (χ3v) is 2.61. The zero-order valence-electron chi connectivity index (χ0n) is 9.50. The molecule has 3 heteroatoms. The van der Waals surface area contributed by atoms with Crippen LogP contribution in [-0.2, 0) is 14.3 Å². The Morgan fingerprint density at radius 3 is 2.21 bits per heavy atom. The number of Topliss-reactive ketones (excluding diaryl/α,β-unsaturated/α-hetero) is 1. The molecule has 2 atom stereocenters. The van der Waals surface area contributed by atoms with Crippen molar-refractivity contribution in [3.05, 3.63) is 0 Å². The first-order chi connectivity index (χ1) is 6.54. The molecule has 0 saturated carbocycles. The highest BCUT2D eigenvalue weighted by atomic mass is 16.5. The minimum Gasteiger partial charge on any atom is -0.469 e. The maximum atomic E-state index is 11.6. The molecule has 14 heavy (non-hydrogen) atoms. The van der Waals surface area contributed by atoms with E-state index in [-0.39, 0.29) is 23.6 Å². The third kappa shape index (κ3) is 3.90. The largest absolute Gasteiger partial charge is 0.469 e. The zero-order chi connectivity index (χ0) is 11.1. The van der Waals surface area contributed by atoms with Crippen molar-refractivity contribution >= 4 is 11.8 Å². The van der Waals surface area contributed by atoms with Crippen molar-refractivity contribution in [3.8, 4) is 0 Å². The first-order valence-corrected chi connectivity index (χ1v) is 5.15. The quantitative estimate of drug-likeness (QED) is 0.617. The van der Waals surface area contributed by atoms with Crippen LogP contribution in [0.25, 0.3) is 0 Å². The zero-order valence-corrected chi connectivity index (χ0v) is 9.50. The van der Waals surface area contributed by atoms with E-state index in [2.05, 4.69) is 4.74 Å². The number of esters is 1. The summed E-state index contributed by atoms with van der Waals surface area (Å²) in [7, 11) is 1.35. The van der Waals surface area contributed by atoms with Crippen LogP contribution in [0.4, 0.5) is 0 Å². The van der Waals surface area contributed by atoms with Crippen LogP contribution in [0.1, 0.15) is 40.0 Å². The van der Waals surface area contributed by atoms with Crippen LogP contribution in [0.5, 0.6) is 0 Å². The lowest BCUT2D eigenvalue weighted by Crippen LogP contribution is -2.26. The van der Waals surface area contributed by atoms with Gasteiger partial charge < -0.3 is 4.74 Å². The number of hydrogen-bond acceptors (Lipinski definition) is 3. The predicted octanol–water partition coefficient (Wildman–Crippen LogP) is 2.19. The standard InChI is InChI=1S/C11H20O3/c1-5-6-7-10(12)8(2)9(3)11(13)14-4/h8-9H,5-7H2,1-4H3. The molecule has 0 aliphatic heterocycles. The maximum Gasteiger partial charge on any atom is 0.309 e. The Balaban J connectivity index is 4.10. The molecule has 0 rings (SSSR count). The average molecular weight is 200 g/mol. The van der Waals surface area contributed by atoms with Crippen molar-refractivity contribution in [1.29, 1.82) is 0 Å². The molecule has 0 saturated heterocycles. The second-order valence-corrected chi connectivity index (χ2v) is 3.67. The van der Waals surface area contributed by atoms with Crippen LogP contribution < -0.4 is 0 Å². The lowest BCUT2D eigenvalue weighted by atomic mass is 9.89. The van der Waals surface area contributed by atoms with E-state index in [0.29, 0.717) is 6.42 Å². The van der Waals surface area contributed by atoms with Gasteiger partial charge >= 0.3 is 5.97 Å². The Labute approximate surface area is 85.8 Å². The number of hydrogen-bond donors (Lipinski definition) is 0. The van der Waals surface area contributed by atoms with Gasteiger partial charge in [-0.2, -0.15) is 0 Å². The normalized spacial score (nSPS) is 14.6. The number of ketones is 1. The average Bonchev–Trinajstić information content (AvgIpc) is 2.22. The molecule has 0 heterocycles. The molecular formula is C11H20O3. The SMILES string of the molecule is CCCCC(=O)C(C)C(C)C(=O)OC. The summed E-state index contributed by atoms with van der Waals surface area (Å²) in [5, 5.41) is 0. The highest BCUT2D eigenvalue weighted by molar-refractivity contribution is 5.86. The molecule has 0 aliphatic rings. The number of unbranched alkanes of at least 4 members (excludes halogenated alkanes) is 1. The molecule has 0 N–H and O–H groups in total. The van der Waals surface area contributed by atoms with Gasteiger partial charge in [-0.25, -0.2) is 0 Å². The van der Waals surface area contributed by atoms with E-state index < -0.39 is 0 Å². The molecule has 0 aromatic heterocycles. The van der Waals surface area contributed by atoms with Crippen LogP contribution in [0, 0.1) is 11.8 Å².